The van der Waals surface area contributed by atoms with Crippen LogP contribution < -0.4 is 5.32 Å². The van der Waals surface area contributed by atoms with Gasteiger partial charge >= 0.3 is 0 Å². The van der Waals surface area contributed by atoms with Crippen LogP contribution in [0.25, 0.3) is 0 Å². The van der Waals surface area contributed by atoms with Gasteiger partial charge in [-0.25, -0.2) is 0 Å². The van der Waals surface area contributed by atoms with Crippen LogP contribution in [0.5, 0.6) is 5.75 Å². The molecule has 134 valence electrons. The van der Waals surface area contributed by atoms with Crippen molar-refractivity contribution in [1.82, 2.24) is 10.2 Å². The Kier molecular flexibility index (Phi) is 5.32. The van der Waals surface area contributed by atoms with Crippen LogP contribution in [-0.2, 0) is 16.0 Å². The van der Waals surface area contributed by atoms with Crippen molar-refractivity contribution in [2.24, 2.45) is 0 Å². The third kappa shape index (κ3) is 3.98. The lowest BCUT2D eigenvalue weighted by atomic mass is 9.97. The first-order valence-electron chi connectivity index (χ1n) is 8.13. The molecule has 0 aliphatic carbocycles. The number of nitrogens with zero attached hydrogens (tertiary/aromatic N) is 1. The molecular weight excluding hydrogens is 344 g/mol. The third-order valence-electron chi connectivity index (χ3n) is 4.60. The maximum Gasteiger partial charge on any atom is 0.228 e. The van der Waals surface area contributed by atoms with Gasteiger partial charge in [-0.1, -0.05) is 11.6 Å². The van der Waals surface area contributed by atoms with E-state index < -0.39 is 0 Å². The van der Waals surface area contributed by atoms with Gasteiger partial charge in [0.2, 0.25) is 5.91 Å². The Balaban J connectivity index is 1.58. The fourth-order valence-corrected chi connectivity index (χ4v) is 3.25. The summed E-state index contributed by atoms with van der Waals surface area (Å²) in [6, 6.07) is 4.62. The summed E-state index contributed by atoms with van der Waals surface area (Å²) in [6.45, 7) is 1.75. The lowest BCUT2D eigenvalue weighted by molar-refractivity contribution is -0.119. The monoisotopic (exact) mass is 364 g/mol. The van der Waals surface area contributed by atoms with E-state index >= 15 is 0 Å². The minimum Gasteiger partial charge on any atom is -0.508 e. The second kappa shape index (κ2) is 7.47. The van der Waals surface area contributed by atoms with Crippen molar-refractivity contribution in [2.45, 2.75) is 18.4 Å². The number of carbonyl (C=O) groups excluding carboxylic acids is 1. The Labute approximate surface area is 151 Å². The van der Waals surface area contributed by atoms with Gasteiger partial charge in [0.15, 0.2) is 0 Å². The van der Waals surface area contributed by atoms with Gasteiger partial charge in [-0.15, -0.1) is 0 Å². The first-order valence-corrected chi connectivity index (χ1v) is 8.51. The van der Waals surface area contributed by atoms with E-state index in [-0.39, 0.29) is 30.2 Å². The smallest absolute Gasteiger partial charge is 0.228 e. The number of halogens is 1. The van der Waals surface area contributed by atoms with E-state index in [9.17, 15) is 15.0 Å². The molecule has 3 rings (SSSR count). The van der Waals surface area contributed by atoms with Gasteiger partial charge < -0.3 is 25.2 Å². The number of amides is 1. The number of hydrogen-bond donors (Lipinski definition) is 3. The fourth-order valence-electron chi connectivity index (χ4n) is 3.05. The minimum absolute atomic E-state index is 0.0287. The third-order valence-corrected chi connectivity index (χ3v) is 4.84. The molecule has 0 saturated carbocycles. The van der Waals surface area contributed by atoms with E-state index in [1.54, 1.807) is 18.2 Å². The van der Waals surface area contributed by atoms with E-state index in [1.807, 2.05) is 17.2 Å². The first kappa shape index (κ1) is 17.8. The van der Waals surface area contributed by atoms with E-state index in [1.165, 1.54) is 6.07 Å². The summed E-state index contributed by atoms with van der Waals surface area (Å²) in [5, 5.41) is 22.8. The highest BCUT2D eigenvalue weighted by atomic mass is 35.5. The molecule has 2 aliphatic rings. The molecule has 1 saturated heterocycles. The van der Waals surface area contributed by atoms with Crippen molar-refractivity contribution in [2.75, 3.05) is 26.4 Å². The Morgan fingerprint density at radius 2 is 2.28 bits per heavy atom. The fraction of sp³-hybridized carbons (Fsp3) is 0.389. The number of aliphatic hydroxyl groups excluding tert-OH is 1. The zero-order chi connectivity index (χ0) is 17.9. The van der Waals surface area contributed by atoms with Crippen LogP contribution in [0.3, 0.4) is 0 Å². The molecule has 6 nitrogen and oxygen atoms in total. The minimum atomic E-state index is -0.380. The lowest BCUT2D eigenvalue weighted by Crippen LogP contribution is -2.50. The van der Waals surface area contributed by atoms with Crippen molar-refractivity contribution in [3.8, 4) is 5.75 Å². The molecule has 3 N–H and O–H groups in total. The van der Waals surface area contributed by atoms with Crippen molar-refractivity contribution < 1.29 is 19.7 Å². The van der Waals surface area contributed by atoms with Gasteiger partial charge in [-0.05, 0) is 36.8 Å². The number of phenols is 1. The predicted octanol–water partition coefficient (Wildman–Crippen LogP) is 1.57. The highest BCUT2D eigenvalue weighted by Gasteiger charge is 2.39. The lowest BCUT2D eigenvalue weighted by Gasteiger charge is -2.39. The van der Waals surface area contributed by atoms with Gasteiger partial charge in [0, 0.05) is 35.6 Å². The van der Waals surface area contributed by atoms with Crippen LogP contribution in [0.4, 0.5) is 0 Å². The van der Waals surface area contributed by atoms with Crippen molar-refractivity contribution >= 4 is 17.5 Å². The molecule has 0 spiro atoms. The molecule has 1 atom stereocenters. The number of ether oxygens (including phenoxy) is 1. The Morgan fingerprint density at radius 3 is 2.92 bits per heavy atom. The molecule has 25 heavy (non-hydrogen) atoms. The quantitative estimate of drug-likeness (QED) is 0.738. The van der Waals surface area contributed by atoms with Crippen LogP contribution in [0.15, 0.2) is 42.2 Å². The molecule has 0 aromatic heterocycles. The zero-order valence-electron chi connectivity index (χ0n) is 13.7. The van der Waals surface area contributed by atoms with E-state index in [2.05, 4.69) is 5.32 Å². The molecule has 2 heterocycles. The summed E-state index contributed by atoms with van der Waals surface area (Å²) in [6.07, 6.45) is 6.38. The molecule has 1 amide bonds. The maximum absolute atomic E-state index is 12.2. The predicted molar refractivity (Wildman–Crippen MR) is 94.1 cm³/mol. The number of allylic oxidation sites excluding steroid dienone is 1. The molecule has 7 heteroatoms. The number of benzene rings is 1. The summed E-state index contributed by atoms with van der Waals surface area (Å²) < 4.78 is 5.42. The Hall–Kier alpha value is -2.02. The molecule has 0 radical (unpaired) electrons. The molecule has 1 aromatic carbocycles. The van der Waals surface area contributed by atoms with Gasteiger partial charge in [0.1, 0.15) is 5.75 Å². The molecule has 1 fully saturated rings. The summed E-state index contributed by atoms with van der Waals surface area (Å²) in [7, 11) is 0. The number of nitrogens with one attached hydrogen (secondary N) is 1. The summed E-state index contributed by atoms with van der Waals surface area (Å²) in [4.78, 5) is 14.2. The topological polar surface area (TPSA) is 82.0 Å². The summed E-state index contributed by atoms with van der Waals surface area (Å²) in [5.41, 5.74) is 0.791. The summed E-state index contributed by atoms with van der Waals surface area (Å²) >= 11 is 5.90. The molecule has 2 aliphatic heterocycles. The average Bonchev–Trinajstić information content (AvgIpc) is 3.09. The SMILES string of the molecule is O=C(Cc1cc(Cl)ccc1O)NC1=CCN([C@]2(CO)CCOC2)C=C1. The second-order valence-corrected chi connectivity index (χ2v) is 6.75. The van der Waals surface area contributed by atoms with Gasteiger partial charge in [0.05, 0.1) is 25.2 Å². The Morgan fingerprint density at radius 1 is 1.44 bits per heavy atom. The number of aliphatic hydroxyl groups is 1. The average molecular weight is 365 g/mol. The first-order chi connectivity index (χ1) is 12.0. The Bertz CT molecular complexity index is 711. The number of rotatable bonds is 5. The van der Waals surface area contributed by atoms with Gasteiger partial charge in [-0.3, -0.25) is 4.79 Å². The molecular formula is C18H21ClN2O4. The van der Waals surface area contributed by atoms with Crippen molar-refractivity contribution in [3.05, 3.63) is 52.8 Å². The number of carbonyl (C=O) groups is 1. The van der Waals surface area contributed by atoms with Crippen LogP contribution in [0.1, 0.15) is 12.0 Å². The van der Waals surface area contributed by atoms with Gasteiger partial charge in [-0.2, -0.15) is 0 Å². The highest BCUT2D eigenvalue weighted by molar-refractivity contribution is 6.30. The van der Waals surface area contributed by atoms with E-state index in [0.29, 0.717) is 36.0 Å². The van der Waals surface area contributed by atoms with Crippen LogP contribution in [0.2, 0.25) is 5.02 Å². The number of hydrogen-bond acceptors (Lipinski definition) is 5. The second-order valence-electron chi connectivity index (χ2n) is 6.31. The molecule has 0 bridgehead atoms. The highest BCUT2D eigenvalue weighted by Crippen LogP contribution is 2.28. The normalized spacial score (nSPS) is 22.8. The van der Waals surface area contributed by atoms with Crippen LogP contribution in [-0.4, -0.2) is 52.9 Å². The molecule has 0 unspecified atom stereocenters. The number of aromatic hydroxyl groups is 1. The zero-order valence-corrected chi connectivity index (χ0v) is 14.5. The molecule has 1 aromatic rings. The van der Waals surface area contributed by atoms with Crippen molar-refractivity contribution in [1.29, 1.82) is 0 Å². The van der Waals surface area contributed by atoms with Crippen LogP contribution in [0, 0.1) is 0 Å². The standard InChI is InChI=1S/C18H21ClN2O4/c19-14-1-2-16(23)13(9-14)10-17(24)20-15-3-6-21(7-4-15)18(11-22)5-8-25-12-18/h1-4,6,9,22-23H,5,7-8,10-12H2,(H,20,24)/t18-/m0/s1. The maximum atomic E-state index is 12.2. The van der Waals surface area contributed by atoms with E-state index in [0.717, 1.165) is 6.42 Å². The number of phenolic OH excluding ortho intramolecular Hbond substituents is 1. The van der Waals surface area contributed by atoms with E-state index in [4.69, 9.17) is 16.3 Å². The van der Waals surface area contributed by atoms with Crippen LogP contribution >= 0.6 is 11.6 Å². The van der Waals surface area contributed by atoms with Gasteiger partial charge in [0.25, 0.3) is 0 Å². The summed E-state index contributed by atoms with van der Waals surface area (Å²) in [5.74, 6) is -0.187. The largest absolute Gasteiger partial charge is 0.508 e. The van der Waals surface area contributed by atoms with Crippen molar-refractivity contribution in [3.63, 3.8) is 0 Å².